The van der Waals surface area contributed by atoms with Crippen molar-refractivity contribution in [3.8, 4) is 5.82 Å². The van der Waals surface area contributed by atoms with E-state index in [0.29, 0.717) is 11.0 Å². The van der Waals surface area contributed by atoms with Crippen LogP contribution >= 0.6 is 11.6 Å². The molecule has 0 aliphatic rings. The van der Waals surface area contributed by atoms with E-state index in [0.717, 1.165) is 24.5 Å². The normalized spacial score (nSPS) is 10.7. The molecule has 0 aromatic carbocycles. The summed E-state index contributed by atoms with van der Waals surface area (Å²) in [7, 11) is 0. The molecule has 84 valence electrons. The van der Waals surface area contributed by atoms with Crippen LogP contribution in [0.15, 0.2) is 12.1 Å². The predicted molar refractivity (Wildman–Crippen MR) is 60.7 cm³/mol. The summed E-state index contributed by atoms with van der Waals surface area (Å²) in [5.74, 6) is 2.34. The Labute approximate surface area is 98.5 Å². The molecule has 0 atom stereocenters. The molecule has 0 saturated carbocycles. The van der Waals surface area contributed by atoms with E-state index < -0.39 is 0 Å². The first kappa shape index (κ1) is 11.0. The van der Waals surface area contributed by atoms with Crippen molar-refractivity contribution >= 4 is 11.6 Å². The van der Waals surface area contributed by atoms with E-state index in [1.54, 1.807) is 16.8 Å². The first-order chi connectivity index (χ1) is 7.74. The zero-order valence-electron chi connectivity index (χ0n) is 9.18. The molecule has 0 radical (unpaired) electrons. The van der Waals surface area contributed by atoms with Crippen LogP contribution in [0, 0.1) is 0 Å². The molecule has 0 fully saturated rings. The summed E-state index contributed by atoms with van der Waals surface area (Å²) >= 11 is 5.69. The fourth-order valence-corrected chi connectivity index (χ4v) is 1.48. The Bertz CT molecular complexity index is 476. The van der Waals surface area contributed by atoms with Crippen LogP contribution in [-0.4, -0.2) is 25.0 Å². The molecule has 2 heterocycles. The lowest BCUT2D eigenvalue weighted by Gasteiger charge is -2.01. The fraction of sp³-hybridized carbons (Fsp3) is 0.400. The third-order valence-electron chi connectivity index (χ3n) is 2.19. The van der Waals surface area contributed by atoms with Gasteiger partial charge in [-0.05, 0) is 12.1 Å². The summed E-state index contributed by atoms with van der Waals surface area (Å²) in [4.78, 5) is 4.40. The smallest absolute Gasteiger partial charge is 0.177 e. The van der Waals surface area contributed by atoms with Gasteiger partial charge in [0.25, 0.3) is 0 Å². The Balaban J connectivity index is 2.45. The Morgan fingerprint density at radius 1 is 1.19 bits per heavy atom. The maximum atomic E-state index is 5.69. The van der Waals surface area contributed by atoms with Crippen molar-refractivity contribution in [2.45, 2.75) is 26.7 Å². The second-order valence-corrected chi connectivity index (χ2v) is 3.66. The van der Waals surface area contributed by atoms with Gasteiger partial charge in [0.15, 0.2) is 16.8 Å². The summed E-state index contributed by atoms with van der Waals surface area (Å²) in [5, 5.41) is 12.5. The van der Waals surface area contributed by atoms with Gasteiger partial charge >= 0.3 is 0 Å². The molecule has 0 spiro atoms. The first-order valence-corrected chi connectivity index (χ1v) is 5.56. The van der Waals surface area contributed by atoms with E-state index in [1.807, 2.05) is 13.8 Å². The van der Waals surface area contributed by atoms with Gasteiger partial charge in [-0.3, -0.25) is 0 Å². The van der Waals surface area contributed by atoms with Crippen molar-refractivity contribution < 1.29 is 0 Å². The first-order valence-electron chi connectivity index (χ1n) is 5.19. The highest BCUT2D eigenvalue weighted by molar-refractivity contribution is 6.29. The highest BCUT2D eigenvalue weighted by Gasteiger charge is 2.10. The van der Waals surface area contributed by atoms with Crippen LogP contribution in [0.25, 0.3) is 5.82 Å². The average Bonchev–Trinajstić information content (AvgIpc) is 2.73. The summed E-state index contributed by atoms with van der Waals surface area (Å²) in [6.07, 6.45) is 1.61. The molecule has 0 aliphatic heterocycles. The van der Waals surface area contributed by atoms with Gasteiger partial charge in [-0.15, -0.1) is 15.3 Å². The Morgan fingerprint density at radius 2 is 2.00 bits per heavy atom. The molecule has 16 heavy (non-hydrogen) atoms. The van der Waals surface area contributed by atoms with Crippen LogP contribution in [-0.2, 0) is 12.8 Å². The molecular formula is C10H12ClN5. The SMILES string of the molecule is CCc1nc(CC)n(-c2ccc(Cl)nn2)n1. The average molecular weight is 238 g/mol. The van der Waals surface area contributed by atoms with E-state index in [2.05, 4.69) is 20.3 Å². The van der Waals surface area contributed by atoms with Crippen LogP contribution in [0.3, 0.4) is 0 Å². The Morgan fingerprint density at radius 3 is 2.56 bits per heavy atom. The zero-order valence-corrected chi connectivity index (χ0v) is 9.94. The molecule has 2 aromatic heterocycles. The minimum atomic E-state index is 0.373. The summed E-state index contributed by atoms with van der Waals surface area (Å²) in [6, 6.07) is 3.47. The van der Waals surface area contributed by atoms with Crippen LogP contribution < -0.4 is 0 Å². The summed E-state index contributed by atoms with van der Waals surface area (Å²) in [6.45, 7) is 4.05. The second-order valence-electron chi connectivity index (χ2n) is 3.28. The topological polar surface area (TPSA) is 56.5 Å². The van der Waals surface area contributed by atoms with E-state index in [-0.39, 0.29) is 0 Å². The van der Waals surface area contributed by atoms with Gasteiger partial charge in [0, 0.05) is 12.8 Å². The second kappa shape index (κ2) is 4.57. The van der Waals surface area contributed by atoms with Crippen LogP contribution in [0.2, 0.25) is 5.15 Å². The summed E-state index contributed by atoms with van der Waals surface area (Å²) < 4.78 is 1.71. The van der Waals surface area contributed by atoms with Crippen LogP contribution in [0.1, 0.15) is 25.5 Å². The van der Waals surface area contributed by atoms with Crippen molar-refractivity contribution in [1.82, 2.24) is 25.0 Å². The molecule has 2 rings (SSSR count). The van der Waals surface area contributed by atoms with Gasteiger partial charge in [-0.1, -0.05) is 25.4 Å². The van der Waals surface area contributed by atoms with Crippen molar-refractivity contribution in [2.24, 2.45) is 0 Å². The van der Waals surface area contributed by atoms with Gasteiger partial charge in [-0.2, -0.15) is 4.68 Å². The maximum Gasteiger partial charge on any atom is 0.177 e. The molecular weight excluding hydrogens is 226 g/mol. The molecule has 6 heteroatoms. The molecule has 0 saturated heterocycles. The number of rotatable bonds is 3. The Hall–Kier alpha value is -1.49. The van der Waals surface area contributed by atoms with Crippen molar-refractivity contribution in [3.05, 3.63) is 28.9 Å². The van der Waals surface area contributed by atoms with Gasteiger partial charge in [0.1, 0.15) is 5.82 Å². The largest absolute Gasteiger partial charge is 0.216 e. The fourth-order valence-electron chi connectivity index (χ4n) is 1.38. The van der Waals surface area contributed by atoms with E-state index in [1.165, 1.54) is 0 Å². The molecule has 0 N–H and O–H groups in total. The third-order valence-corrected chi connectivity index (χ3v) is 2.39. The minimum absolute atomic E-state index is 0.373. The van der Waals surface area contributed by atoms with Gasteiger partial charge in [0.2, 0.25) is 0 Å². The molecule has 5 nitrogen and oxygen atoms in total. The van der Waals surface area contributed by atoms with E-state index >= 15 is 0 Å². The minimum Gasteiger partial charge on any atom is -0.216 e. The number of hydrogen-bond acceptors (Lipinski definition) is 4. The lowest BCUT2D eigenvalue weighted by atomic mass is 10.4. The van der Waals surface area contributed by atoms with Crippen LogP contribution in [0.5, 0.6) is 0 Å². The van der Waals surface area contributed by atoms with Gasteiger partial charge in [-0.25, -0.2) is 4.98 Å². The quantitative estimate of drug-likeness (QED) is 0.817. The van der Waals surface area contributed by atoms with Gasteiger partial charge < -0.3 is 0 Å². The number of halogens is 1. The maximum absolute atomic E-state index is 5.69. The molecule has 0 unspecified atom stereocenters. The third kappa shape index (κ3) is 2.04. The zero-order chi connectivity index (χ0) is 11.5. The standard InChI is InChI=1S/C10H12ClN5/c1-3-8-12-9(4-2)16(15-8)10-6-5-7(11)13-14-10/h5-6H,3-4H2,1-2H3. The lowest BCUT2D eigenvalue weighted by molar-refractivity contribution is 0.751. The highest BCUT2D eigenvalue weighted by Crippen LogP contribution is 2.09. The van der Waals surface area contributed by atoms with E-state index in [4.69, 9.17) is 11.6 Å². The molecule has 0 amide bonds. The Kier molecular flexibility index (Phi) is 3.14. The van der Waals surface area contributed by atoms with E-state index in [9.17, 15) is 0 Å². The van der Waals surface area contributed by atoms with Gasteiger partial charge in [0.05, 0.1) is 0 Å². The number of aryl methyl sites for hydroxylation is 2. The monoisotopic (exact) mass is 237 g/mol. The molecule has 2 aromatic rings. The lowest BCUT2D eigenvalue weighted by Crippen LogP contribution is -2.05. The van der Waals surface area contributed by atoms with Crippen molar-refractivity contribution in [1.29, 1.82) is 0 Å². The van der Waals surface area contributed by atoms with Crippen molar-refractivity contribution in [3.63, 3.8) is 0 Å². The molecule has 0 aliphatic carbocycles. The molecule has 0 bridgehead atoms. The van der Waals surface area contributed by atoms with Crippen LogP contribution in [0.4, 0.5) is 0 Å². The number of hydrogen-bond donors (Lipinski definition) is 0. The number of nitrogens with zero attached hydrogens (tertiary/aromatic N) is 5. The highest BCUT2D eigenvalue weighted by atomic mass is 35.5. The predicted octanol–water partition coefficient (Wildman–Crippen LogP) is 1.84. The van der Waals surface area contributed by atoms with Crippen molar-refractivity contribution in [2.75, 3.05) is 0 Å². The summed E-state index contributed by atoms with van der Waals surface area (Å²) in [5.41, 5.74) is 0. The number of aromatic nitrogens is 5.